The van der Waals surface area contributed by atoms with Crippen LogP contribution >= 0.6 is 28.3 Å². The highest BCUT2D eigenvalue weighted by Gasteiger charge is 2.25. The summed E-state index contributed by atoms with van der Waals surface area (Å²) in [6, 6.07) is 10.7. The Labute approximate surface area is 151 Å². The average Bonchev–Trinajstić information content (AvgIpc) is 2.56. The van der Waals surface area contributed by atoms with E-state index < -0.39 is 0 Å². The number of piperazine rings is 1. The summed E-state index contributed by atoms with van der Waals surface area (Å²) >= 11 is 3.57. The van der Waals surface area contributed by atoms with Crippen molar-refractivity contribution in [3.05, 3.63) is 58.3 Å². The summed E-state index contributed by atoms with van der Waals surface area (Å²) in [5, 5.41) is 3.48. The number of nitrogens with zero attached hydrogens (tertiary/aromatic N) is 2. The highest BCUT2D eigenvalue weighted by atomic mass is 79.9. The molecule has 6 heteroatoms. The van der Waals surface area contributed by atoms with E-state index in [1.165, 1.54) is 11.1 Å². The molecule has 0 spiro atoms. The number of aromatic nitrogens is 1. The number of halogens is 2. The summed E-state index contributed by atoms with van der Waals surface area (Å²) in [5.41, 5.74) is 2.45. The molecular weight excluding hydrogens is 378 g/mol. The Bertz CT molecular complexity index is 626. The van der Waals surface area contributed by atoms with Crippen LogP contribution in [-0.2, 0) is 6.54 Å². The molecule has 0 bridgehead atoms. The SMILES string of the molecule is COc1c(Br)cccc1CN1CCNCC1c1cccnc1.Cl. The highest BCUT2D eigenvalue weighted by molar-refractivity contribution is 9.10. The number of nitrogens with one attached hydrogen (secondary N) is 1. The topological polar surface area (TPSA) is 37.4 Å². The van der Waals surface area contributed by atoms with Crippen molar-refractivity contribution in [3.63, 3.8) is 0 Å². The molecule has 0 saturated carbocycles. The molecule has 1 saturated heterocycles. The van der Waals surface area contributed by atoms with Crippen molar-refractivity contribution in [1.82, 2.24) is 15.2 Å². The minimum absolute atomic E-state index is 0. The van der Waals surface area contributed by atoms with Crippen LogP contribution in [0.25, 0.3) is 0 Å². The van der Waals surface area contributed by atoms with Crippen molar-refractivity contribution in [3.8, 4) is 5.75 Å². The van der Waals surface area contributed by atoms with E-state index in [0.717, 1.165) is 36.4 Å². The van der Waals surface area contributed by atoms with Crippen molar-refractivity contribution in [1.29, 1.82) is 0 Å². The summed E-state index contributed by atoms with van der Waals surface area (Å²) in [7, 11) is 1.72. The number of para-hydroxylation sites is 1. The van der Waals surface area contributed by atoms with Crippen LogP contribution in [0.2, 0.25) is 0 Å². The fourth-order valence-corrected chi connectivity index (χ4v) is 3.53. The summed E-state index contributed by atoms with van der Waals surface area (Å²) < 4.78 is 6.56. The van der Waals surface area contributed by atoms with Crippen molar-refractivity contribution in [2.75, 3.05) is 26.7 Å². The van der Waals surface area contributed by atoms with Crippen LogP contribution in [0.1, 0.15) is 17.2 Å². The van der Waals surface area contributed by atoms with Gasteiger partial charge in [-0.05, 0) is 33.6 Å². The normalized spacial score (nSPS) is 18.3. The Morgan fingerprint density at radius 1 is 1.35 bits per heavy atom. The second-order valence-electron chi connectivity index (χ2n) is 5.41. The zero-order valence-electron chi connectivity index (χ0n) is 13.0. The predicted molar refractivity (Wildman–Crippen MR) is 98.2 cm³/mol. The minimum Gasteiger partial charge on any atom is -0.495 e. The average molecular weight is 399 g/mol. The van der Waals surface area contributed by atoms with E-state index in [9.17, 15) is 0 Å². The molecule has 1 atom stereocenters. The molecule has 2 aromatic rings. The summed E-state index contributed by atoms with van der Waals surface area (Å²) in [6.07, 6.45) is 3.78. The molecule has 1 aromatic carbocycles. The van der Waals surface area contributed by atoms with Gasteiger partial charge in [-0.3, -0.25) is 9.88 Å². The second kappa shape index (κ2) is 8.64. The molecule has 1 aliphatic rings. The Morgan fingerprint density at radius 2 is 2.22 bits per heavy atom. The van der Waals surface area contributed by atoms with Gasteiger partial charge in [0.2, 0.25) is 0 Å². The van der Waals surface area contributed by atoms with Crippen molar-refractivity contribution < 1.29 is 4.74 Å². The van der Waals surface area contributed by atoms with Gasteiger partial charge in [0.1, 0.15) is 5.75 Å². The molecule has 124 valence electrons. The molecule has 3 rings (SSSR count). The van der Waals surface area contributed by atoms with Crippen LogP contribution in [-0.4, -0.2) is 36.6 Å². The summed E-state index contributed by atoms with van der Waals surface area (Å²) in [5.74, 6) is 0.922. The fourth-order valence-electron chi connectivity index (χ4n) is 2.96. The van der Waals surface area contributed by atoms with Gasteiger partial charge in [-0.15, -0.1) is 12.4 Å². The molecule has 1 unspecified atom stereocenters. The van der Waals surface area contributed by atoms with E-state index in [1.54, 1.807) is 7.11 Å². The lowest BCUT2D eigenvalue weighted by atomic mass is 10.0. The number of pyridine rings is 1. The fraction of sp³-hybridized carbons (Fsp3) is 0.353. The Balaban J connectivity index is 0.00000192. The van der Waals surface area contributed by atoms with Gasteiger partial charge in [0.15, 0.2) is 0 Å². The van der Waals surface area contributed by atoms with Gasteiger partial charge < -0.3 is 10.1 Å². The molecule has 1 aromatic heterocycles. The molecule has 0 radical (unpaired) electrons. The van der Waals surface area contributed by atoms with E-state index in [2.05, 4.69) is 49.3 Å². The predicted octanol–water partition coefficient (Wildman–Crippen LogP) is 3.42. The molecule has 4 nitrogen and oxygen atoms in total. The third kappa shape index (κ3) is 4.23. The zero-order chi connectivity index (χ0) is 15.4. The lowest BCUT2D eigenvalue weighted by Crippen LogP contribution is -2.45. The maximum atomic E-state index is 5.56. The number of rotatable bonds is 4. The number of benzene rings is 1. The van der Waals surface area contributed by atoms with Crippen LogP contribution in [0.15, 0.2) is 47.2 Å². The molecule has 2 heterocycles. The molecular formula is C17H21BrClN3O. The zero-order valence-corrected chi connectivity index (χ0v) is 15.4. The van der Waals surface area contributed by atoms with E-state index in [-0.39, 0.29) is 12.4 Å². The first-order chi connectivity index (χ1) is 10.8. The van der Waals surface area contributed by atoms with Gasteiger partial charge in [-0.1, -0.05) is 18.2 Å². The monoisotopic (exact) mass is 397 g/mol. The first kappa shape index (κ1) is 18.2. The van der Waals surface area contributed by atoms with E-state index >= 15 is 0 Å². The first-order valence-corrected chi connectivity index (χ1v) is 8.25. The van der Waals surface area contributed by atoms with Crippen molar-refractivity contribution >= 4 is 28.3 Å². The third-order valence-corrected chi connectivity index (χ3v) is 4.67. The lowest BCUT2D eigenvalue weighted by molar-refractivity contribution is 0.152. The van der Waals surface area contributed by atoms with Crippen molar-refractivity contribution in [2.24, 2.45) is 0 Å². The van der Waals surface area contributed by atoms with Gasteiger partial charge in [-0.25, -0.2) is 0 Å². The van der Waals surface area contributed by atoms with Gasteiger partial charge in [0.25, 0.3) is 0 Å². The van der Waals surface area contributed by atoms with Gasteiger partial charge in [-0.2, -0.15) is 0 Å². The maximum Gasteiger partial charge on any atom is 0.137 e. The van der Waals surface area contributed by atoms with Gasteiger partial charge in [0, 0.05) is 50.2 Å². The van der Waals surface area contributed by atoms with Crippen LogP contribution in [0.3, 0.4) is 0 Å². The van der Waals surface area contributed by atoms with Gasteiger partial charge >= 0.3 is 0 Å². The maximum absolute atomic E-state index is 5.56. The highest BCUT2D eigenvalue weighted by Crippen LogP contribution is 2.32. The van der Waals surface area contributed by atoms with Crippen molar-refractivity contribution in [2.45, 2.75) is 12.6 Å². The Hall–Kier alpha value is -1.14. The van der Waals surface area contributed by atoms with Crippen LogP contribution in [0, 0.1) is 0 Å². The quantitative estimate of drug-likeness (QED) is 0.856. The second-order valence-corrected chi connectivity index (χ2v) is 6.26. The van der Waals surface area contributed by atoms with Crippen LogP contribution < -0.4 is 10.1 Å². The number of methoxy groups -OCH3 is 1. The van der Waals surface area contributed by atoms with Crippen LogP contribution in [0.4, 0.5) is 0 Å². The van der Waals surface area contributed by atoms with Crippen LogP contribution in [0.5, 0.6) is 5.75 Å². The molecule has 1 aliphatic heterocycles. The van der Waals surface area contributed by atoms with Gasteiger partial charge in [0.05, 0.1) is 11.6 Å². The largest absolute Gasteiger partial charge is 0.495 e. The number of ether oxygens (including phenoxy) is 1. The Morgan fingerprint density at radius 3 is 2.96 bits per heavy atom. The molecule has 1 N–H and O–H groups in total. The smallest absolute Gasteiger partial charge is 0.137 e. The first-order valence-electron chi connectivity index (χ1n) is 7.45. The number of hydrogen-bond donors (Lipinski definition) is 1. The lowest BCUT2D eigenvalue weighted by Gasteiger charge is -2.36. The molecule has 23 heavy (non-hydrogen) atoms. The Kier molecular flexibility index (Phi) is 6.84. The standard InChI is InChI=1S/C17H20BrN3O.ClH/c1-22-17-14(4-2-6-15(17)18)12-21-9-8-20-11-16(21)13-5-3-7-19-10-13;/h2-7,10,16,20H,8-9,11-12H2,1H3;1H. The molecule has 0 amide bonds. The number of hydrogen-bond acceptors (Lipinski definition) is 4. The summed E-state index contributed by atoms with van der Waals surface area (Å²) in [4.78, 5) is 6.75. The molecule has 1 fully saturated rings. The minimum atomic E-state index is 0. The van der Waals surface area contributed by atoms with E-state index in [1.807, 2.05) is 24.5 Å². The van der Waals surface area contributed by atoms with E-state index in [0.29, 0.717) is 6.04 Å². The molecule has 0 aliphatic carbocycles. The van der Waals surface area contributed by atoms with E-state index in [4.69, 9.17) is 4.74 Å². The third-order valence-electron chi connectivity index (χ3n) is 4.05. The summed E-state index contributed by atoms with van der Waals surface area (Å²) in [6.45, 7) is 3.83.